The number of nitrogens with zero attached hydrogens (tertiary/aromatic N) is 3. The first kappa shape index (κ1) is 14.9. The van der Waals surface area contributed by atoms with Crippen molar-refractivity contribution in [3.8, 4) is 11.3 Å². The van der Waals surface area contributed by atoms with Gasteiger partial charge in [0.25, 0.3) is 0 Å². The fourth-order valence-corrected chi connectivity index (χ4v) is 3.45. The Bertz CT molecular complexity index is 778. The fraction of sp³-hybridized carbons (Fsp3) is 0.238. The highest BCUT2D eigenvalue weighted by Crippen LogP contribution is 2.30. The summed E-state index contributed by atoms with van der Waals surface area (Å²) in [5, 5.41) is 0. The molecule has 1 aromatic heterocycles. The number of benzene rings is 2. The fourth-order valence-electron chi connectivity index (χ4n) is 3.45. The molecular formula is C21H21N3. The second-order valence-corrected chi connectivity index (χ2v) is 6.30. The lowest BCUT2D eigenvalue weighted by Gasteiger charge is -2.33. The Hall–Kier alpha value is -2.68. The van der Waals surface area contributed by atoms with Gasteiger partial charge in [-0.3, -0.25) is 0 Å². The summed E-state index contributed by atoms with van der Waals surface area (Å²) in [4.78, 5) is 11.3. The molecule has 0 amide bonds. The molecule has 2 aromatic carbocycles. The van der Waals surface area contributed by atoms with Crippen molar-refractivity contribution < 1.29 is 0 Å². The maximum Gasteiger partial charge on any atom is 0.132 e. The minimum absolute atomic E-state index is 0.665. The van der Waals surface area contributed by atoms with Crippen molar-refractivity contribution in [3.63, 3.8) is 0 Å². The maximum absolute atomic E-state index is 4.50. The molecule has 120 valence electrons. The molecule has 0 spiro atoms. The number of piperidine rings is 1. The summed E-state index contributed by atoms with van der Waals surface area (Å²) in [6, 6.07) is 23.3. The van der Waals surface area contributed by atoms with E-state index >= 15 is 0 Å². The second kappa shape index (κ2) is 6.83. The van der Waals surface area contributed by atoms with Crippen LogP contribution in [-0.2, 0) is 0 Å². The number of anilines is 1. The van der Waals surface area contributed by atoms with E-state index in [0.29, 0.717) is 5.92 Å². The smallest absolute Gasteiger partial charge is 0.132 e. The van der Waals surface area contributed by atoms with Crippen molar-refractivity contribution in [1.82, 2.24) is 9.97 Å². The second-order valence-electron chi connectivity index (χ2n) is 6.30. The maximum atomic E-state index is 4.50. The van der Waals surface area contributed by atoms with E-state index in [1.807, 2.05) is 18.2 Å². The van der Waals surface area contributed by atoms with E-state index < -0.39 is 0 Å². The van der Waals surface area contributed by atoms with Crippen LogP contribution in [0.3, 0.4) is 0 Å². The van der Waals surface area contributed by atoms with Crippen LogP contribution in [0.15, 0.2) is 73.1 Å². The SMILES string of the molecule is c1ccc(-c2cc(N3CCC(c4ccccc4)CC3)ncn2)cc1. The summed E-state index contributed by atoms with van der Waals surface area (Å²) in [7, 11) is 0. The van der Waals surface area contributed by atoms with Crippen LogP contribution in [-0.4, -0.2) is 23.1 Å². The van der Waals surface area contributed by atoms with Crippen molar-refractivity contribution in [3.05, 3.63) is 78.6 Å². The standard InChI is InChI=1S/C21H21N3/c1-3-7-17(8-4-1)18-11-13-24(14-12-18)21-15-20(22-16-23-21)19-9-5-2-6-10-19/h1-10,15-16,18H,11-14H2. The third-order valence-corrected chi connectivity index (χ3v) is 4.81. The van der Waals surface area contributed by atoms with Gasteiger partial charge in [-0.2, -0.15) is 0 Å². The Morgan fingerprint density at radius 3 is 2.17 bits per heavy atom. The minimum atomic E-state index is 0.665. The van der Waals surface area contributed by atoms with Crippen LogP contribution in [0.25, 0.3) is 11.3 Å². The largest absolute Gasteiger partial charge is 0.356 e. The number of hydrogen-bond acceptors (Lipinski definition) is 3. The minimum Gasteiger partial charge on any atom is -0.356 e. The van der Waals surface area contributed by atoms with Gasteiger partial charge in [0.15, 0.2) is 0 Å². The first-order valence-electron chi connectivity index (χ1n) is 8.57. The van der Waals surface area contributed by atoms with E-state index in [-0.39, 0.29) is 0 Å². The van der Waals surface area contributed by atoms with Crippen molar-refractivity contribution in [2.45, 2.75) is 18.8 Å². The van der Waals surface area contributed by atoms with E-state index in [0.717, 1.165) is 30.2 Å². The van der Waals surface area contributed by atoms with Crippen molar-refractivity contribution >= 4 is 5.82 Å². The number of aromatic nitrogens is 2. The molecule has 1 aliphatic heterocycles. The Labute approximate surface area is 143 Å². The van der Waals surface area contributed by atoms with E-state index in [1.54, 1.807) is 6.33 Å². The zero-order valence-corrected chi connectivity index (χ0v) is 13.7. The number of rotatable bonds is 3. The predicted molar refractivity (Wildman–Crippen MR) is 98.1 cm³/mol. The van der Waals surface area contributed by atoms with Gasteiger partial charge in [0.1, 0.15) is 12.1 Å². The highest BCUT2D eigenvalue weighted by atomic mass is 15.2. The van der Waals surface area contributed by atoms with E-state index in [9.17, 15) is 0 Å². The Balaban J connectivity index is 1.48. The average Bonchev–Trinajstić information content (AvgIpc) is 2.70. The molecule has 24 heavy (non-hydrogen) atoms. The number of hydrogen-bond donors (Lipinski definition) is 0. The molecule has 0 aliphatic carbocycles. The molecule has 3 aromatic rings. The van der Waals surface area contributed by atoms with Gasteiger partial charge in [0.2, 0.25) is 0 Å². The van der Waals surface area contributed by atoms with Crippen LogP contribution in [0.1, 0.15) is 24.3 Å². The Morgan fingerprint density at radius 1 is 0.792 bits per heavy atom. The molecule has 2 heterocycles. The van der Waals surface area contributed by atoms with E-state index in [2.05, 4.69) is 63.4 Å². The van der Waals surface area contributed by atoms with Crippen LogP contribution in [0.5, 0.6) is 0 Å². The Morgan fingerprint density at radius 2 is 1.46 bits per heavy atom. The lowest BCUT2D eigenvalue weighted by atomic mass is 9.89. The molecule has 3 nitrogen and oxygen atoms in total. The quantitative estimate of drug-likeness (QED) is 0.711. The summed E-state index contributed by atoms with van der Waals surface area (Å²) < 4.78 is 0. The predicted octanol–water partition coefficient (Wildman–Crippen LogP) is 4.53. The van der Waals surface area contributed by atoms with E-state index in [4.69, 9.17) is 0 Å². The highest BCUT2D eigenvalue weighted by molar-refractivity contribution is 5.62. The molecule has 3 heteroatoms. The van der Waals surface area contributed by atoms with Gasteiger partial charge in [0, 0.05) is 24.7 Å². The van der Waals surface area contributed by atoms with Gasteiger partial charge in [-0.05, 0) is 24.3 Å². The molecule has 0 N–H and O–H groups in total. The zero-order valence-electron chi connectivity index (χ0n) is 13.7. The van der Waals surface area contributed by atoms with Gasteiger partial charge >= 0.3 is 0 Å². The lowest BCUT2D eigenvalue weighted by molar-refractivity contribution is 0.502. The summed E-state index contributed by atoms with van der Waals surface area (Å²) in [5.41, 5.74) is 3.59. The van der Waals surface area contributed by atoms with E-state index in [1.165, 1.54) is 18.4 Å². The normalized spacial score (nSPS) is 15.4. The van der Waals surface area contributed by atoms with Gasteiger partial charge in [-0.25, -0.2) is 9.97 Å². The highest BCUT2D eigenvalue weighted by Gasteiger charge is 2.21. The van der Waals surface area contributed by atoms with Gasteiger partial charge < -0.3 is 4.90 Å². The van der Waals surface area contributed by atoms with Crippen LogP contribution >= 0.6 is 0 Å². The van der Waals surface area contributed by atoms with Gasteiger partial charge in [0.05, 0.1) is 5.69 Å². The molecule has 1 saturated heterocycles. The van der Waals surface area contributed by atoms with Crippen molar-refractivity contribution in [1.29, 1.82) is 0 Å². The van der Waals surface area contributed by atoms with Crippen LogP contribution in [0, 0.1) is 0 Å². The molecule has 1 aliphatic rings. The molecule has 0 bridgehead atoms. The molecule has 0 saturated carbocycles. The average molecular weight is 315 g/mol. The molecule has 0 radical (unpaired) electrons. The third-order valence-electron chi connectivity index (χ3n) is 4.81. The molecule has 4 rings (SSSR count). The molecule has 1 fully saturated rings. The summed E-state index contributed by atoms with van der Waals surface area (Å²) >= 11 is 0. The first-order valence-corrected chi connectivity index (χ1v) is 8.57. The van der Waals surface area contributed by atoms with Gasteiger partial charge in [-0.15, -0.1) is 0 Å². The summed E-state index contributed by atoms with van der Waals surface area (Å²) in [6.07, 6.45) is 4.03. The van der Waals surface area contributed by atoms with Crippen molar-refractivity contribution in [2.24, 2.45) is 0 Å². The topological polar surface area (TPSA) is 29.0 Å². The van der Waals surface area contributed by atoms with Crippen LogP contribution in [0.4, 0.5) is 5.82 Å². The van der Waals surface area contributed by atoms with Gasteiger partial charge in [-0.1, -0.05) is 60.7 Å². The summed E-state index contributed by atoms with van der Waals surface area (Å²) in [6.45, 7) is 2.09. The van der Waals surface area contributed by atoms with Crippen LogP contribution < -0.4 is 4.90 Å². The Kier molecular flexibility index (Phi) is 4.24. The van der Waals surface area contributed by atoms with Crippen LogP contribution in [0.2, 0.25) is 0 Å². The molecular weight excluding hydrogens is 294 g/mol. The first-order chi connectivity index (χ1) is 11.9. The third kappa shape index (κ3) is 3.16. The van der Waals surface area contributed by atoms with Crippen molar-refractivity contribution in [2.75, 3.05) is 18.0 Å². The summed E-state index contributed by atoms with van der Waals surface area (Å²) in [5.74, 6) is 1.70. The zero-order chi connectivity index (χ0) is 16.2. The molecule has 0 atom stereocenters. The monoisotopic (exact) mass is 315 g/mol. The molecule has 0 unspecified atom stereocenters. The lowest BCUT2D eigenvalue weighted by Crippen LogP contribution is -2.33.